The molecule has 100 valence electrons. The molecule has 0 amide bonds. The fourth-order valence-corrected chi connectivity index (χ4v) is 2.21. The van der Waals surface area contributed by atoms with Gasteiger partial charge in [-0.1, -0.05) is 0 Å². The average molecular weight is 262 g/mol. The summed E-state index contributed by atoms with van der Waals surface area (Å²) >= 11 is 0. The maximum absolute atomic E-state index is 10.7. The van der Waals surface area contributed by atoms with E-state index < -0.39 is 4.92 Å². The summed E-state index contributed by atoms with van der Waals surface area (Å²) < 4.78 is 5.51. The summed E-state index contributed by atoms with van der Waals surface area (Å²) in [7, 11) is 0. The van der Waals surface area contributed by atoms with Crippen molar-refractivity contribution in [2.24, 2.45) is 0 Å². The molecule has 7 heteroatoms. The Morgan fingerprint density at radius 3 is 3.21 bits per heavy atom. The second kappa shape index (κ2) is 4.85. The number of fused-ring (bicyclic) bond motifs is 1. The van der Waals surface area contributed by atoms with Gasteiger partial charge >= 0.3 is 0 Å². The van der Waals surface area contributed by atoms with Crippen LogP contribution in [0.15, 0.2) is 18.2 Å². The van der Waals surface area contributed by atoms with Gasteiger partial charge in [-0.3, -0.25) is 10.1 Å². The standard InChI is InChI=1S/C12H14N4O3/c17-16(18)8-3-4-10-11(6-8)15-12(14-10)13-7-9-2-1-5-19-9/h3-4,6,9H,1-2,5,7H2,(H2,13,14,15). The molecule has 2 heterocycles. The van der Waals surface area contributed by atoms with E-state index in [1.165, 1.54) is 12.1 Å². The van der Waals surface area contributed by atoms with Crippen LogP contribution in [0.2, 0.25) is 0 Å². The highest BCUT2D eigenvalue weighted by molar-refractivity contribution is 5.79. The van der Waals surface area contributed by atoms with Crippen molar-refractivity contribution in [3.8, 4) is 0 Å². The van der Waals surface area contributed by atoms with E-state index in [9.17, 15) is 10.1 Å². The molecule has 0 radical (unpaired) electrons. The Balaban J connectivity index is 1.75. The number of nitrogens with zero attached hydrogens (tertiary/aromatic N) is 2. The van der Waals surface area contributed by atoms with Crippen molar-refractivity contribution >= 4 is 22.7 Å². The van der Waals surface area contributed by atoms with Crippen molar-refractivity contribution in [3.63, 3.8) is 0 Å². The first-order chi connectivity index (χ1) is 9.22. The summed E-state index contributed by atoms with van der Waals surface area (Å²) in [5, 5.41) is 13.9. The van der Waals surface area contributed by atoms with Crippen LogP contribution in [0, 0.1) is 10.1 Å². The number of hydrogen-bond acceptors (Lipinski definition) is 5. The van der Waals surface area contributed by atoms with E-state index >= 15 is 0 Å². The first-order valence-electron chi connectivity index (χ1n) is 6.22. The van der Waals surface area contributed by atoms with Gasteiger partial charge in [0.2, 0.25) is 5.95 Å². The lowest BCUT2D eigenvalue weighted by Crippen LogP contribution is -2.18. The molecule has 1 aromatic carbocycles. The summed E-state index contributed by atoms with van der Waals surface area (Å²) in [4.78, 5) is 17.6. The fourth-order valence-electron chi connectivity index (χ4n) is 2.21. The Hall–Kier alpha value is -2.15. The number of hydrogen-bond donors (Lipinski definition) is 2. The second-order valence-corrected chi connectivity index (χ2v) is 4.56. The number of nitro benzene ring substituents is 1. The molecule has 1 aliphatic heterocycles. The van der Waals surface area contributed by atoms with Gasteiger partial charge in [0.15, 0.2) is 0 Å². The maximum Gasteiger partial charge on any atom is 0.271 e. The monoisotopic (exact) mass is 262 g/mol. The van der Waals surface area contributed by atoms with E-state index in [-0.39, 0.29) is 11.8 Å². The Morgan fingerprint density at radius 2 is 2.47 bits per heavy atom. The van der Waals surface area contributed by atoms with Crippen LogP contribution in [0.4, 0.5) is 11.6 Å². The lowest BCUT2D eigenvalue weighted by molar-refractivity contribution is -0.384. The zero-order chi connectivity index (χ0) is 13.2. The molecule has 1 saturated heterocycles. The number of imidazole rings is 1. The zero-order valence-electron chi connectivity index (χ0n) is 10.3. The molecule has 1 atom stereocenters. The second-order valence-electron chi connectivity index (χ2n) is 4.56. The van der Waals surface area contributed by atoms with Gasteiger partial charge in [0.1, 0.15) is 0 Å². The molecule has 0 bridgehead atoms. The minimum atomic E-state index is -0.417. The van der Waals surface area contributed by atoms with Crippen molar-refractivity contribution in [3.05, 3.63) is 28.3 Å². The van der Waals surface area contributed by atoms with Crippen molar-refractivity contribution in [1.29, 1.82) is 0 Å². The number of nitro groups is 1. The molecule has 1 aliphatic rings. The number of rotatable bonds is 4. The molecule has 19 heavy (non-hydrogen) atoms. The van der Waals surface area contributed by atoms with Gasteiger partial charge in [0.05, 0.1) is 22.1 Å². The number of aromatic amines is 1. The summed E-state index contributed by atoms with van der Waals surface area (Å²) in [6.45, 7) is 1.51. The number of anilines is 1. The van der Waals surface area contributed by atoms with Crippen LogP contribution in [0.25, 0.3) is 11.0 Å². The van der Waals surface area contributed by atoms with Gasteiger partial charge in [0, 0.05) is 25.3 Å². The highest BCUT2D eigenvalue weighted by Gasteiger charge is 2.16. The quantitative estimate of drug-likeness (QED) is 0.649. The number of non-ortho nitro benzene ring substituents is 1. The summed E-state index contributed by atoms with van der Waals surface area (Å²) in [5.74, 6) is 0.617. The van der Waals surface area contributed by atoms with Gasteiger partial charge in [-0.2, -0.15) is 0 Å². The van der Waals surface area contributed by atoms with Gasteiger partial charge in [-0.05, 0) is 18.9 Å². The molecule has 1 aromatic heterocycles. The van der Waals surface area contributed by atoms with E-state index in [0.29, 0.717) is 23.5 Å². The topological polar surface area (TPSA) is 93.1 Å². The number of H-pyrrole nitrogens is 1. The first-order valence-corrected chi connectivity index (χ1v) is 6.22. The summed E-state index contributed by atoms with van der Waals surface area (Å²) in [6.07, 6.45) is 2.37. The van der Waals surface area contributed by atoms with Crippen molar-refractivity contribution in [1.82, 2.24) is 9.97 Å². The maximum atomic E-state index is 10.7. The summed E-state index contributed by atoms with van der Waals surface area (Å²) in [5.41, 5.74) is 1.42. The van der Waals surface area contributed by atoms with Crippen LogP contribution in [0.5, 0.6) is 0 Å². The minimum Gasteiger partial charge on any atom is -0.376 e. The molecule has 2 aromatic rings. The van der Waals surface area contributed by atoms with Crippen LogP contribution < -0.4 is 5.32 Å². The molecule has 7 nitrogen and oxygen atoms in total. The Labute approximate surface area is 109 Å². The summed E-state index contributed by atoms with van der Waals surface area (Å²) in [6, 6.07) is 4.58. The van der Waals surface area contributed by atoms with Crippen LogP contribution in [-0.2, 0) is 4.74 Å². The molecule has 3 rings (SSSR count). The van der Waals surface area contributed by atoms with E-state index in [1.54, 1.807) is 6.07 Å². The molecule has 0 saturated carbocycles. The lowest BCUT2D eigenvalue weighted by Gasteiger charge is -2.09. The van der Waals surface area contributed by atoms with Crippen LogP contribution in [0.3, 0.4) is 0 Å². The Morgan fingerprint density at radius 1 is 1.58 bits per heavy atom. The SMILES string of the molecule is O=[N+]([O-])c1ccc2nc(NCC3CCCO3)[nH]c2c1. The fraction of sp³-hybridized carbons (Fsp3) is 0.417. The molecule has 0 aliphatic carbocycles. The minimum absolute atomic E-state index is 0.0572. The predicted molar refractivity (Wildman–Crippen MR) is 70.2 cm³/mol. The van der Waals surface area contributed by atoms with Crippen molar-refractivity contribution in [2.45, 2.75) is 18.9 Å². The third-order valence-electron chi connectivity index (χ3n) is 3.20. The number of nitrogens with one attached hydrogen (secondary N) is 2. The van der Waals surface area contributed by atoms with Gasteiger partial charge in [-0.15, -0.1) is 0 Å². The molecular weight excluding hydrogens is 248 g/mol. The van der Waals surface area contributed by atoms with Gasteiger partial charge in [0.25, 0.3) is 5.69 Å². The largest absolute Gasteiger partial charge is 0.376 e. The van der Waals surface area contributed by atoms with E-state index in [0.717, 1.165) is 19.4 Å². The van der Waals surface area contributed by atoms with Gasteiger partial charge < -0.3 is 15.0 Å². The molecular formula is C12H14N4O3. The molecule has 1 fully saturated rings. The lowest BCUT2D eigenvalue weighted by atomic mass is 10.2. The smallest absolute Gasteiger partial charge is 0.271 e. The molecule has 0 spiro atoms. The van der Waals surface area contributed by atoms with Crippen LogP contribution in [0.1, 0.15) is 12.8 Å². The number of aromatic nitrogens is 2. The van der Waals surface area contributed by atoms with E-state index in [2.05, 4.69) is 15.3 Å². The molecule has 2 N–H and O–H groups in total. The third kappa shape index (κ3) is 2.50. The van der Waals surface area contributed by atoms with Gasteiger partial charge in [-0.25, -0.2) is 4.98 Å². The Bertz CT molecular complexity index is 604. The van der Waals surface area contributed by atoms with Crippen LogP contribution in [-0.4, -0.2) is 34.1 Å². The van der Waals surface area contributed by atoms with Crippen LogP contribution >= 0.6 is 0 Å². The van der Waals surface area contributed by atoms with E-state index in [1.807, 2.05) is 0 Å². The molecule has 1 unspecified atom stereocenters. The zero-order valence-corrected chi connectivity index (χ0v) is 10.3. The highest BCUT2D eigenvalue weighted by Crippen LogP contribution is 2.21. The van der Waals surface area contributed by atoms with Crippen molar-refractivity contribution in [2.75, 3.05) is 18.5 Å². The van der Waals surface area contributed by atoms with E-state index in [4.69, 9.17) is 4.74 Å². The Kier molecular flexibility index (Phi) is 3.04. The average Bonchev–Trinajstić information content (AvgIpc) is 3.04. The third-order valence-corrected chi connectivity index (χ3v) is 3.20. The predicted octanol–water partition coefficient (Wildman–Crippen LogP) is 2.06. The normalized spacial score (nSPS) is 18.8. The van der Waals surface area contributed by atoms with Crippen molar-refractivity contribution < 1.29 is 9.66 Å². The number of benzene rings is 1. The number of ether oxygens (including phenoxy) is 1. The highest BCUT2D eigenvalue weighted by atomic mass is 16.6. The first kappa shape index (κ1) is 11.9.